The van der Waals surface area contributed by atoms with Crippen LogP contribution in [0.1, 0.15) is 24.8 Å². The molecule has 1 saturated heterocycles. The van der Waals surface area contributed by atoms with Crippen LogP contribution in [0.25, 0.3) is 0 Å². The van der Waals surface area contributed by atoms with Gasteiger partial charge in [-0.1, -0.05) is 6.07 Å². The smallest absolute Gasteiger partial charge is 0.372 e. The predicted octanol–water partition coefficient (Wildman–Crippen LogP) is 5.34. The Hall–Kier alpha value is -2.70. The van der Waals surface area contributed by atoms with E-state index in [9.17, 15) is 18.0 Å². The van der Waals surface area contributed by atoms with E-state index < -0.39 is 17.8 Å². The number of nitrogens with zero attached hydrogens (tertiary/aromatic N) is 1. The summed E-state index contributed by atoms with van der Waals surface area (Å²) in [4.78, 5) is 14.3. The molecular weight excluding hydrogens is 343 g/mol. The summed E-state index contributed by atoms with van der Waals surface area (Å²) in [5.74, 6) is 0. The lowest BCUT2D eigenvalue weighted by Gasteiger charge is -2.28. The van der Waals surface area contributed by atoms with Crippen LogP contribution in [-0.4, -0.2) is 19.1 Å². The van der Waals surface area contributed by atoms with Gasteiger partial charge < -0.3 is 15.5 Å². The molecular formula is C19H20F3N3O. The van der Waals surface area contributed by atoms with Crippen LogP contribution in [0.4, 0.5) is 35.0 Å². The monoisotopic (exact) mass is 363 g/mol. The lowest BCUT2D eigenvalue weighted by molar-refractivity contribution is -0.137. The van der Waals surface area contributed by atoms with E-state index in [2.05, 4.69) is 15.5 Å². The average molecular weight is 363 g/mol. The normalized spacial score (nSPS) is 14.8. The summed E-state index contributed by atoms with van der Waals surface area (Å²) in [5, 5.41) is 5.05. The van der Waals surface area contributed by atoms with Gasteiger partial charge in [-0.15, -0.1) is 0 Å². The summed E-state index contributed by atoms with van der Waals surface area (Å²) in [6, 6.07) is 11.4. The summed E-state index contributed by atoms with van der Waals surface area (Å²) >= 11 is 0. The van der Waals surface area contributed by atoms with Crippen LogP contribution in [-0.2, 0) is 6.18 Å². The van der Waals surface area contributed by atoms with Crippen LogP contribution in [0.2, 0.25) is 0 Å². The molecule has 0 atom stereocenters. The van der Waals surface area contributed by atoms with Crippen molar-refractivity contribution in [2.24, 2.45) is 0 Å². The maximum Gasteiger partial charge on any atom is 0.416 e. The zero-order chi connectivity index (χ0) is 18.6. The molecule has 0 saturated carbocycles. The molecule has 7 heteroatoms. The van der Waals surface area contributed by atoms with Gasteiger partial charge in [0.05, 0.1) is 5.56 Å². The zero-order valence-corrected chi connectivity index (χ0v) is 14.1. The Balaban J connectivity index is 1.59. The summed E-state index contributed by atoms with van der Waals surface area (Å²) in [5.41, 5.74) is 0.965. The summed E-state index contributed by atoms with van der Waals surface area (Å²) in [6.07, 6.45) is -0.830. The van der Waals surface area contributed by atoms with Crippen LogP contribution in [0.15, 0.2) is 48.5 Å². The highest BCUT2D eigenvalue weighted by Gasteiger charge is 2.30. The van der Waals surface area contributed by atoms with Crippen molar-refractivity contribution in [1.29, 1.82) is 0 Å². The summed E-state index contributed by atoms with van der Waals surface area (Å²) in [7, 11) is 0. The SMILES string of the molecule is O=C(Nc1ccc(N2CCCCC2)cc1)Nc1cccc(C(F)(F)F)c1. The molecule has 4 nitrogen and oxygen atoms in total. The maximum absolute atomic E-state index is 12.7. The second-order valence-electron chi connectivity index (χ2n) is 6.25. The topological polar surface area (TPSA) is 44.4 Å². The zero-order valence-electron chi connectivity index (χ0n) is 14.1. The van der Waals surface area contributed by atoms with Crippen LogP contribution in [0, 0.1) is 0 Å². The molecule has 26 heavy (non-hydrogen) atoms. The van der Waals surface area contributed by atoms with Gasteiger partial charge in [-0.25, -0.2) is 4.79 Å². The Labute approximate surface area is 150 Å². The van der Waals surface area contributed by atoms with Crippen LogP contribution >= 0.6 is 0 Å². The Morgan fingerprint density at radius 1 is 0.885 bits per heavy atom. The molecule has 1 heterocycles. The lowest BCUT2D eigenvalue weighted by Crippen LogP contribution is -2.29. The molecule has 0 aliphatic carbocycles. The van der Waals surface area contributed by atoms with Crippen LogP contribution < -0.4 is 15.5 Å². The number of hydrogen-bond donors (Lipinski definition) is 2. The van der Waals surface area contributed by atoms with Crippen molar-refractivity contribution in [1.82, 2.24) is 0 Å². The fourth-order valence-corrected chi connectivity index (χ4v) is 2.97. The number of rotatable bonds is 3. The standard InChI is InChI=1S/C19H20F3N3O/c20-19(21,22)14-5-4-6-16(13-14)24-18(26)23-15-7-9-17(10-8-15)25-11-2-1-3-12-25/h4-10,13H,1-3,11-12H2,(H2,23,24,26). The minimum atomic E-state index is -4.45. The highest BCUT2D eigenvalue weighted by Crippen LogP contribution is 2.30. The van der Waals surface area contributed by atoms with Crippen molar-refractivity contribution in [3.8, 4) is 0 Å². The van der Waals surface area contributed by atoms with Gasteiger partial charge in [0.2, 0.25) is 0 Å². The molecule has 0 unspecified atom stereocenters. The number of piperidine rings is 1. The number of hydrogen-bond acceptors (Lipinski definition) is 2. The van der Waals surface area contributed by atoms with E-state index in [1.165, 1.54) is 31.4 Å². The molecule has 0 spiro atoms. The van der Waals surface area contributed by atoms with E-state index in [4.69, 9.17) is 0 Å². The second-order valence-corrected chi connectivity index (χ2v) is 6.25. The number of urea groups is 1. The highest BCUT2D eigenvalue weighted by atomic mass is 19.4. The first-order chi connectivity index (χ1) is 12.4. The van der Waals surface area contributed by atoms with Gasteiger partial charge in [0.15, 0.2) is 0 Å². The Morgan fingerprint density at radius 3 is 2.19 bits per heavy atom. The van der Waals surface area contributed by atoms with Crippen molar-refractivity contribution in [2.75, 3.05) is 28.6 Å². The van der Waals surface area contributed by atoms with Gasteiger partial charge in [-0.3, -0.25) is 0 Å². The molecule has 0 radical (unpaired) electrons. The molecule has 1 fully saturated rings. The van der Waals surface area contributed by atoms with Crippen molar-refractivity contribution >= 4 is 23.1 Å². The molecule has 0 bridgehead atoms. The maximum atomic E-state index is 12.7. The first-order valence-corrected chi connectivity index (χ1v) is 8.52. The van der Waals surface area contributed by atoms with Crippen molar-refractivity contribution < 1.29 is 18.0 Å². The molecule has 1 aliphatic heterocycles. The summed E-state index contributed by atoms with van der Waals surface area (Å²) < 4.78 is 38.1. The number of nitrogens with one attached hydrogen (secondary N) is 2. The minimum absolute atomic E-state index is 0.0854. The van der Waals surface area contributed by atoms with Gasteiger partial charge >= 0.3 is 12.2 Å². The van der Waals surface area contributed by atoms with Gasteiger partial charge in [0.1, 0.15) is 0 Å². The fraction of sp³-hybridized carbons (Fsp3) is 0.316. The molecule has 3 rings (SSSR count). The molecule has 2 amide bonds. The van der Waals surface area contributed by atoms with E-state index in [-0.39, 0.29) is 5.69 Å². The third-order valence-electron chi connectivity index (χ3n) is 4.29. The summed E-state index contributed by atoms with van der Waals surface area (Å²) in [6.45, 7) is 2.06. The average Bonchev–Trinajstić information content (AvgIpc) is 2.62. The van der Waals surface area contributed by atoms with Crippen LogP contribution in [0.3, 0.4) is 0 Å². The molecule has 2 N–H and O–H groups in total. The quantitative estimate of drug-likeness (QED) is 0.773. The van der Waals surface area contributed by atoms with Gasteiger partial charge in [-0.05, 0) is 61.7 Å². The predicted molar refractivity (Wildman–Crippen MR) is 96.6 cm³/mol. The van der Waals surface area contributed by atoms with Crippen molar-refractivity contribution in [3.05, 3.63) is 54.1 Å². The Morgan fingerprint density at radius 2 is 1.54 bits per heavy atom. The number of benzene rings is 2. The first kappa shape index (κ1) is 18.1. The van der Waals surface area contributed by atoms with Crippen molar-refractivity contribution in [3.63, 3.8) is 0 Å². The van der Waals surface area contributed by atoms with Gasteiger partial charge in [-0.2, -0.15) is 13.2 Å². The van der Waals surface area contributed by atoms with Gasteiger partial charge in [0, 0.05) is 30.2 Å². The van der Waals surface area contributed by atoms with Crippen molar-refractivity contribution in [2.45, 2.75) is 25.4 Å². The lowest BCUT2D eigenvalue weighted by atomic mass is 10.1. The number of anilines is 3. The molecule has 2 aromatic rings. The number of carbonyl (C=O) groups excluding carboxylic acids is 1. The molecule has 138 valence electrons. The van der Waals surface area contributed by atoms with E-state index >= 15 is 0 Å². The fourth-order valence-electron chi connectivity index (χ4n) is 2.97. The van der Waals surface area contributed by atoms with E-state index in [1.807, 2.05) is 12.1 Å². The first-order valence-electron chi connectivity index (χ1n) is 8.52. The highest BCUT2D eigenvalue weighted by molar-refractivity contribution is 5.99. The molecule has 2 aromatic carbocycles. The van der Waals surface area contributed by atoms with E-state index in [0.29, 0.717) is 5.69 Å². The third kappa shape index (κ3) is 4.68. The van der Waals surface area contributed by atoms with Gasteiger partial charge in [0.25, 0.3) is 0 Å². The largest absolute Gasteiger partial charge is 0.416 e. The third-order valence-corrected chi connectivity index (χ3v) is 4.29. The number of carbonyl (C=O) groups is 1. The van der Waals surface area contributed by atoms with E-state index in [0.717, 1.165) is 30.9 Å². The molecule has 1 aliphatic rings. The number of amides is 2. The Kier molecular flexibility index (Phi) is 5.35. The Bertz CT molecular complexity index is 753. The number of alkyl halides is 3. The second kappa shape index (κ2) is 7.68. The van der Waals surface area contributed by atoms with E-state index in [1.54, 1.807) is 12.1 Å². The number of halogens is 3. The minimum Gasteiger partial charge on any atom is -0.372 e. The molecule has 0 aromatic heterocycles. The van der Waals surface area contributed by atoms with Crippen LogP contribution in [0.5, 0.6) is 0 Å².